The van der Waals surface area contributed by atoms with E-state index in [1.54, 1.807) is 0 Å². The van der Waals surface area contributed by atoms with E-state index >= 15 is 0 Å². The molecule has 0 saturated carbocycles. The Morgan fingerprint density at radius 3 is 1.67 bits per heavy atom. The Morgan fingerprint density at radius 1 is 1.50 bits per heavy atom. The summed E-state index contributed by atoms with van der Waals surface area (Å²) >= 11 is 0. The van der Waals surface area contributed by atoms with E-state index in [2.05, 4.69) is 13.8 Å². The van der Waals surface area contributed by atoms with Crippen molar-refractivity contribution in [3.05, 3.63) is 6.92 Å². The minimum Gasteiger partial charge on any atom is -0.870 e. The molecule has 0 radical (unpaired) electrons. The van der Waals surface area contributed by atoms with Gasteiger partial charge in [0.25, 0.3) is 0 Å². The molecule has 0 unspecified atom stereocenters. The summed E-state index contributed by atoms with van der Waals surface area (Å²) in [6.07, 6.45) is 2.28. The molecule has 0 atom stereocenters. The standard InChI is InChI=1S/C4H9.H2O.Zr/c1-3-4-2;;/h1,3-4H2,2H3;1H2;/q-1;;+2/p-1. The van der Waals surface area contributed by atoms with Crippen molar-refractivity contribution in [1.82, 2.24) is 0 Å². The number of unbranched alkanes of at least 4 members (excludes halogenated alkanes) is 1. The van der Waals surface area contributed by atoms with Crippen LogP contribution in [0.5, 0.6) is 0 Å². The molecule has 0 aromatic rings. The molecule has 0 saturated heterocycles. The van der Waals surface area contributed by atoms with Gasteiger partial charge in [-0.05, 0) is 0 Å². The SMILES string of the molecule is [CH2-]CCC.[OH-].[Zr+2]. The third-order valence-electron chi connectivity index (χ3n) is 0.354. The van der Waals surface area contributed by atoms with Gasteiger partial charge in [-0.15, -0.1) is 0 Å². The molecule has 0 aliphatic heterocycles. The van der Waals surface area contributed by atoms with Crippen molar-refractivity contribution in [2.45, 2.75) is 19.8 Å². The minimum atomic E-state index is 0. The smallest absolute Gasteiger partial charge is 0.870 e. The fraction of sp³-hybridized carbons (Fsp3) is 0.750. The predicted octanol–water partition coefficient (Wildman–Crippen LogP) is 1.44. The maximum absolute atomic E-state index is 3.60. The molecule has 0 aliphatic rings. The van der Waals surface area contributed by atoms with Gasteiger partial charge in [-0.3, -0.25) is 0 Å². The first kappa shape index (κ1) is 15.8. The summed E-state index contributed by atoms with van der Waals surface area (Å²) in [6.45, 7) is 5.72. The molecule has 0 heterocycles. The minimum absolute atomic E-state index is 0. The molecule has 0 spiro atoms. The maximum Gasteiger partial charge on any atom is 2.00 e. The summed E-state index contributed by atoms with van der Waals surface area (Å²) in [6, 6.07) is 0. The monoisotopic (exact) mass is 164 g/mol. The van der Waals surface area contributed by atoms with E-state index in [1.807, 2.05) is 0 Å². The zero-order chi connectivity index (χ0) is 3.41. The van der Waals surface area contributed by atoms with Crippen molar-refractivity contribution < 1.29 is 31.7 Å². The molecule has 0 aliphatic carbocycles. The van der Waals surface area contributed by atoms with Crippen LogP contribution in [-0.4, -0.2) is 5.48 Å². The first-order valence-electron chi connectivity index (χ1n) is 1.71. The molecule has 6 heavy (non-hydrogen) atoms. The van der Waals surface area contributed by atoms with Crippen molar-refractivity contribution in [2.24, 2.45) is 0 Å². The van der Waals surface area contributed by atoms with Gasteiger partial charge in [-0.1, -0.05) is 13.3 Å². The van der Waals surface area contributed by atoms with Crippen molar-refractivity contribution in [2.75, 3.05) is 0 Å². The molecule has 0 rings (SSSR count). The second kappa shape index (κ2) is 17.0. The summed E-state index contributed by atoms with van der Waals surface area (Å²) in [4.78, 5) is 0. The summed E-state index contributed by atoms with van der Waals surface area (Å²) in [5.74, 6) is 0. The fourth-order valence-corrected chi connectivity index (χ4v) is 0. The van der Waals surface area contributed by atoms with E-state index in [0.717, 1.165) is 6.42 Å². The van der Waals surface area contributed by atoms with Crippen LogP contribution in [0.4, 0.5) is 0 Å². The Hall–Kier alpha value is 0.843. The van der Waals surface area contributed by atoms with Crippen LogP contribution in [0, 0.1) is 6.92 Å². The Kier molecular flexibility index (Phi) is 44.7. The summed E-state index contributed by atoms with van der Waals surface area (Å²) in [5.41, 5.74) is 0. The summed E-state index contributed by atoms with van der Waals surface area (Å²) < 4.78 is 0. The van der Waals surface area contributed by atoms with Gasteiger partial charge in [-0.25, -0.2) is 0 Å². The van der Waals surface area contributed by atoms with Gasteiger partial charge in [0.05, 0.1) is 0 Å². The van der Waals surface area contributed by atoms with E-state index < -0.39 is 0 Å². The molecular weight excluding hydrogens is 155 g/mol. The van der Waals surface area contributed by atoms with E-state index in [0.29, 0.717) is 0 Å². The van der Waals surface area contributed by atoms with Gasteiger partial charge in [0.1, 0.15) is 0 Å². The van der Waals surface area contributed by atoms with Crippen LogP contribution in [0.2, 0.25) is 0 Å². The van der Waals surface area contributed by atoms with Crippen LogP contribution < -0.4 is 0 Å². The first-order chi connectivity index (χ1) is 1.91. The molecule has 36 valence electrons. The Balaban J connectivity index is -0.0000000450. The third kappa shape index (κ3) is 21.1. The predicted molar refractivity (Wildman–Crippen MR) is 22.2 cm³/mol. The van der Waals surface area contributed by atoms with E-state index in [1.165, 1.54) is 6.42 Å². The van der Waals surface area contributed by atoms with Crippen LogP contribution in [-0.2, 0) is 26.2 Å². The number of hydrogen-bond donors (Lipinski definition) is 0. The van der Waals surface area contributed by atoms with Gasteiger partial charge in [0.2, 0.25) is 0 Å². The summed E-state index contributed by atoms with van der Waals surface area (Å²) in [7, 11) is 0. The van der Waals surface area contributed by atoms with Crippen molar-refractivity contribution in [3.8, 4) is 0 Å². The average Bonchev–Trinajstić information content (AvgIpc) is 1.37. The van der Waals surface area contributed by atoms with Crippen LogP contribution in [0.25, 0.3) is 0 Å². The molecular formula is C4H10OZr. The number of hydrogen-bond acceptors (Lipinski definition) is 1. The second-order valence-corrected chi connectivity index (χ2v) is 0.854. The molecule has 1 N–H and O–H groups in total. The topological polar surface area (TPSA) is 30.0 Å². The Labute approximate surface area is 58.6 Å². The molecule has 0 aromatic carbocycles. The molecule has 0 bridgehead atoms. The van der Waals surface area contributed by atoms with Gasteiger partial charge >= 0.3 is 26.2 Å². The third-order valence-corrected chi connectivity index (χ3v) is 0.354. The molecule has 0 aromatic heterocycles. The van der Waals surface area contributed by atoms with E-state index in [4.69, 9.17) is 0 Å². The largest absolute Gasteiger partial charge is 2.00 e. The summed E-state index contributed by atoms with van der Waals surface area (Å²) in [5, 5.41) is 0. The van der Waals surface area contributed by atoms with Crippen LogP contribution in [0.15, 0.2) is 0 Å². The van der Waals surface area contributed by atoms with Crippen molar-refractivity contribution >= 4 is 0 Å². The molecule has 0 fully saturated rings. The van der Waals surface area contributed by atoms with Gasteiger partial charge in [0, 0.05) is 0 Å². The van der Waals surface area contributed by atoms with Crippen molar-refractivity contribution in [1.29, 1.82) is 0 Å². The van der Waals surface area contributed by atoms with Gasteiger partial charge in [0.15, 0.2) is 0 Å². The van der Waals surface area contributed by atoms with Crippen molar-refractivity contribution in [3.63, 3.8) is 0 Å². The normalized spacial score (nSPS) is 5.00. The van der Waals surface area contributed by atoms with Gasteiger partial charge < -0.3 is 12.4 Å². The Morgan fingerprint density at radius 2 is 1.67 bits per heavy atom. The van der Waals surface area contributed by atoms with Crippen LogP contribution >= 0.6 is 0 Å². The van der Waals surface area contributed by atoms with Crippen LogP contribution in [0.3, 0.4) is 0 Å². The van der Waals surface area contributed by atoms with E-state index in [-0.39, 0.29) is 31.7 Å². The van der Waals surface area contributed by atoms with Gasteiger partial charge in [-0.2, -0.15) is 6.42 Å². The zero-order valence-corrected chi connectivity index (χ0v) is 6.53. The average molecular weight is 165 g/mol. The van der Waals surface area contributed by atoms with Crippen LogP contribution in [0.1, 0.15) is 19.8 Å². The second-order valence-electron chi connectivity index (χ2n) is 0.854. The first-order valence-corrected chi connectivity index (χ1v) is 1.71. The molecule has 1 nitrogen and oxygen atoms in total. The zero-order valence-electron chi connectivity index (χ0n) is 4.07. The Bertz CT molecular complexity index is 9.51. The number of rotatable bonds is 1. The fourth-order valence-electron chi connectivity index (χ4n) is 0. The molecule has 2 heteroatoms. The van der Waals surface area contributed by atoms with E-state index in [9.17, 15) is 0 Å². The maximum atomic E-state index is 3.60. The molecule has 0 amide bonds. The quantitative estimate of drug-likeness (QED) is 0.541.